The quantitative estimate of drug-likeness (QED) is 0.295. The van der Waals surface area contributed by atoms with Crippen LogP contribution in [0.5, 0.6) is 17.2 Å². The first-order valence-corrected chi connectivity index (χ1v) is 21.8. The van der Waals surface area contributed by atoms with Gasteiger partial charge in [-0.15, -0.1) is 6.58 Å². The lowest BCUT2D eigenvalue weighted by atomic mass is 9.83. The van der Waals surface area contributed by atoms with E-state index >= 15 is 0 Å². The predicted octanol–water partition coefficient (Wildman–Crippen LogP) is 4.91. The number of carbonyl (C=O) groups excluding carboxylic acids is 4. The van der Waals surface area contributed by atoms with Crippen LogP contribution in [0.25, 0.3) is 10.8 Å². The number of hydrogen-bond acceptors (Lipinski definition) is 10. The number of rotatable bonds is 9. The normalized spacial score (nSPS) is 28.2. The fourth-order valence-corrected chi connectivity index (χ4v) is 10.2. The van der Waals surface area contributed by atoms with E-state index in [-0.39, 0.29) is 37.3 Å². The molecule has 2 heterocycles. The maximum absolute atomic E-state index is 14.9. The summed E-state index contributed by atoms with van der Waals surface area (Å²) < 4.78 is 51.8. The number of hydrogen-bond donors (Lipinski definition) is 3. The Kier molecular flexibility index (Phi) is 11.4. The molecule has 5 atom stereocenters. The van der Waals surface area contributed by atoms with Crippen LogP contribution in [-0.4, -0.2) is 93.5 Å². The smallest absolute Gasteiger partial charge is 0.407 e. The first-order chi connectivity index (χ1) is 27.2. The summed E-state index contributed by atoms with van der Waals surface area (Å²) in [5, 5.41) is 6.77. The number of nitrogens with zero attached hydrogens (tertiary/aromatic N) is 1. The van der Waals surface area contributed by atoms with Crippen molar-refractivity contribution in [1.82, 2.24) is 20.3 Å². The second-order valence-corrected chi connectivity index (χ2v) is 19.2. The molecule has 5 aliphatic rings. The maximum atomic E-state index is 14.9. The zero-order valence-electron chi connectivity index (χ0n) is 33.4. The molecule has 7 rings (SSSR count). The molecule has 0 aromatic heterocycles. The Balaban J connectivity index is 1.26. The van der Waals surface area contributed by atoms with Gasteiger partial charge < -0.3 is 34.5 Å². The van der Waals surface area contributed by atoms with Gasteiger partial charge in [-0.05, 0) is 91.8 Å². The van der Waals surface area contributed by atoms with E-state index in [0.29, 0.717) is 49.4 Å². The van der Waals surface area contributed by atoms with Crippen LogP contribution in [0, 0.1) is 17.3 Å². The number of ether oxygens (including phenoxy) is 4. The summed E-state index contributed by atoms with van der Waals surface area (Å²) >= 11 is 0. The fraction of sp³-hybridized carbons (Fsp3) is 0.619. The third-order valence-corrected chi connectivity index (χ3v) is 14.3. The van der Waals surface area contributed by atoms with Gasteiger partial charge in [-0.1, -0.05) is 39.2 Å². The van der Waals surface area contributed by atoms with Gasteiger partial charge >= 0.3 is 6.09 Å². The van der Waals surface area contributed by atoms with Gasteiger partial charge in [0.25, 0.3) is 5.91 Å². The fourth-order valence-electron chi connectivity index (χ4n) is 8.84. The van der Waals surface area contributed by atoms with Gasteiger partial charge in [-0.2, -0.15) is 0 Å². The summed E-state index contributed by atoms with van der Waals surface area (Å²) in [6.07, 6.45) is 7.78. The molecule has 3 aliphatic carbocycles. The number of aryl methyl sites for hydroxylation is 1. The Hall–Kier alpha value is -4.53. The van der Waals surface area contributed by atoms with Crippen molar-refractivity contribution in [3.63, 3.8) is 0 Å². The molecule has 0 radical (unpaired) electrons. The molecule has 1 saturated heterocycles. The zero-order valence-corrected chi connectivity index (χ0v) is 34.2. The van der Waals surface area contributed by atoms with Crippen LogP contribution in [0.15, 0.2) is 36.9 Å². The Bertz CT molecular complexity index is 2030. The number of carbonyl (C=O) groups is 4. The second kappa shape index (κ2) is 16.0. The van der Waals surface area contributed by atoms with E-state index in [9.17, 15) is 27.6 Å². The highest BCUT2D eigenvalue weighted by molar-refractivity contribution is 7.91. The van der Waals surface area contributed by atoms with E-state index in [4.69, 9.17) is 18.9 Å². The number of benzene rings is 2. The van der Waals surface area contributed by atoms with Crippen molar-refractivity contribution < 1.29 is 46.5 Å². The summed E-state index contributed by atoms with van der Waals surface area (Å²) in [7, 11) is -0.704. The van der Waals surface area contributed by atoms with E-state index in [0.717, 1.165) is 48.4 Å². The van der Waals surface area contributed by atoms with Crippen molar-refractivity contribution >= 4 is 44.6 Å². The molecule has 2 aromatic rings. The second-order valence-electron chi connectivity index (χ2n) is 17.3. The van der Waals surface area contributed by atoms with Crippen molar-refractivity contribution in [1.29, 1.82) is 0 Å². The maximum Gasteiger partial charge on any atom is 0.407 e. The van der Waals surface area contributed by atoms with Gasteiger partial charge in [-0.25, -0.2) is 13.2 Å². The Morgan fingerprint density at radius 2 is 1.77 bits per heavy atom. The summed E-state index contributed by atoms with van der Waals surface area (Å²) in [6.45, 7) is 8.04. The SMILES string of the molecule is C=C[C@H]1CC1(NC(=O)[C@@H]1C[C@@H]2CN1C(=O)[C@H](C1CCCCC1)NC(=O)OCC(C)(C)CCCc1cc3c(cc(OC)cc3cc1OC)O2)C(=O)NS(=O)(=O)C1CC1. The highest BCUT2D eigenvalue weighted by Gasteiger charge is 2.62. The molecule has 1 unspecified atom stereocenters. The van der Waals surface area contributed by atoms with E-state index in [1.807, 2.05) is 32.0 Å². The van der Waals surface area contributed by atoms with E-state index in [1.165, 1.54) is 11.0 Å². The molecule has 4 amide bonds. The summed E-state index contributed by atoms with van der Waals surface area (Å²) in [6, 6.07) is 5.61. The molecule has 310 valence electrons. The number of amides is 4. The molecule has 57 heavy (non-hydrogen) atoms. The largest absolute Gasteiger partial charge is 0.497 e. The minimum atomic E-state index is -3.90. The zero-order chi connectivity index (χ0) is 40.7. The van der Waals surface area contributed by atoms with Crippen molar-refractivity contribution in [3.8, 4) is 17.2 Å². The van der Waals surface area contributed by atoms with Crippen LogP contribution in [0.4, 0.5) is 4.79 Å². The summed E-state index contributed by atoms with van der Waals surface area (Å²) in [5.41, 5.74) is -0.937. The summed E-state index contributed by atoms with van der Waals surface area (Å²) in [4.78, 5) is 58.0. The molecule has 2 aromatic carbocycles. The number of cyclic esters (lactones) is 1. The lowest BCUT2D eigenvalue weighted by Gasteiger charge is -2.35. The molecule has 14 nitrogen and oxygen atoms in total. The number of sulfonamides is 1. The van der Waals surface area contributed by atoms with Gasteiger partial charge in [0.2, 0.25) is 21.8 Å². The average Bonchev–Trinajstić information content (AvgIpc) is 4.12. The van der Waals surface area contributed by atoms with Crippen molar-refractivity contribution in [2.24, 2.45) is 17.3 Å². The number of methoxy groups -OCH3 is 2. The standard InChI is InChI=1S/C42H56N4O10S/c1-6-28-22-42(28,39(49)45-57(51,52)31-14-15-31)44-37(47)33-20-30-23-46(33)38(48)36(25-11-8-7-9-12-25)43-40(50)55-24-41(2,3)16-10-13-26-18-32-27(19-34(26)54-5)17-29(53-4)21-35(32)56-30/h6,17-19,21,25,28,30-31,33,36H,1,7-16,20,22-24H2,2-5H3,(H,43,50)(H,44,47)(H,45,49)/t28-,30+,33-,36-,42?/m0/s1. The van der Waals surface area contributed by atoms with Gasteiger partial charge in [0.05, 0.1) is 32.6 Å². The molecular weight excluding hydrogens is 753 g/mol. The van der Waals surface area contributed by atoms with Gasteiger partial charge in [-0.3, -0.25) is 19.1 Å². The third kappa shape index (κ3) is 8.68. The Morgan fingerprint density at radius 1 is 1.02 bits per heavy atom. The molecule has 3 N–H and O–H groups in total. The van der Waals surface area contributed by atoms with Crippen molar-refractivity contribution in [2.75, 3.05) is 27.4 Å². The van der Waals surface area contributed by atoms with Crippen LogP contribution < -0.4 is 29.6 Å². The Morgan fingerprint density at radius 3 is 2.44 bits per heavy atom. The molecule has 15 heteroatoms. The van der Waals surface area contributed by atoms with E-state index in [2.05, 4.69) is 21.9 Å². The number of nitrogens with one attached hydrogen (secondary N) is 3. The predicted molar refractivity (Wildman–Crippen MR) is 212 cm³/mol. The highest BCUT2D eigenvalue weighted by atomic mass is 32.2. The lowest BCUT2D eigenvalue weighted by molar-refractivity contribution is -0.142. The van der Waals surface area contributed by atoms with Crippen LogP contribution in [-0.2, 0) is 35.6 Å². The van der Waals surface area contributed by atoms with Crippen molar-refractivity contribution in [2.45, 2.75) is 120 Å². The number of alkyl carbamates (subject to hydrolysis) is 1. The minimum absolute atomic E-state index is 0.00571. The van der Waals surface area contributed by atoms with Gasteiger partial charge in [0, 0.05) is 23.8 Å². The van der Waals surface area contributed by atoms with E-state index < -0.39 is 68.7 Å². The number of fused-ring (bicyclic) bond motifs is 3. The molecule has 4 fully saturated rings. The first-order valence-electron chi connectivity index (χ1n) is 20.3. The first kappa shape index (κ1) is 40.7. The van der Waals surface area contributed by atoms with Crippen LogP contribution in [0.1, 0.15) is 90.0 Å². The third-order valence-electron chi connectivity index (χ3n) is 12.5. The van der Waals surface area contributed by atoms with E-state index in [1.54, 1.807) is 20.3 Å². The molecule has 2 aliphatic heterocycles. The minimum Gasteiger partial charge on any atom is -0.497 e. The molecule has 3 saturated carbocycles. The molecule has 0 spiro atoms. The Labute approximate surface area is 334 Å². The van der Waals surface area contributed by atoms with Crippen LogP contribution >= 0.6 is 0 Å². The average molecular weight is 809 g/mol. The van der Waals surface area contributed by atoms with Crippen LogP contribution in [0.3, 0.4) is 0 Å². The monoisotopic (exact) mass is 808 g/mol. The van der Waals surface area contributed by atoms with Gasteiger partial charge in [0.15, 0.2) is 0 Å². The van der Waals surface area contributed by atoms with Crippen LogP contribution in [0.2, 0.25) is 0 Å². The molecule has 4 bridgehead atoms. The topological polar surface area (TPSA) is 179 Å². The van der Waals surface area contributed by atoms with Crippen molar-refractivity contribution in [3.05, 3.63) is 42.5 Å². The lowest BCUT2D eigenvalue weighted by Crippen LogP contribution is -2.59. The van der Waals surface area contributed by atoms with Gasteiger partial charge in [0.1, 0.15) is 41.0 Å². The molecular formula is C42H56N4O10S. The summed E-state index contributed by atoms with van der Waals surface area (Å²) in [5.74, 6) is -0.819. The highest BCUT2D eigenvalue weighted by Crippen LogP contribution is 2.46.